The van der Waals surface area contributed by atoms with E-state index in [0.29, 0.717) is 39.8 Å². The summed E-state index contributed by atoms with van der Waals surface area (Å²) in [5, 5.41) is 25.3. The van der Waals surface area contributed by atoms with Crippen molar-refractivity contribution in [2.45, 2.75) is 41.5 Å². The van der Waals surface area contributed by atoms with E-state index in [0.717, 1.165) is 128 Å². The second kappa shape index (κ2) is 15.2. The highest BCUT2D eigenvalue weighted by Gasteiger charge is 2.49. The molecule has 75 heavy (non-hydrogen) atoms. The van der Waals surface area contributed by atoms with Crippen LogP contribution >= 0.6 is 0 Å². The minimum absolute atomic E-state index is 0.212. The second-order valence-corrected chi connectivity index (χ2v) is 21.0. The Hall–Kier alpha value is -9.56. The average Bonchev–Trinajstić information content (AvgIpc) is 3.54. The van der Waals surface area contributed by atoms with Crippen LogP contribution in [0.5, 0.6) is 34.5 Å². The van der Waals surface area contributed by atoms with E-state index in [4.69, 9.17) is 20.8 Å². The topological polar surface area (TPSA) is 98.1 Å². The Kier molecular flexibility index (Phi) is 8.75. The maximum atomic E-state index is 11.2. The number of ether oxygens (including phenoxy) is 3. The van der Waals surface area contributed by atoms with E-state index in [9.17, 15) is 10.5 Å². The molecular weight excluding hydrogens is 921 g/mol. The Balaban J connectivity index is 1.08. The maximum absolute atomic E-state index is 11.2. The van der Waals surface area contributed by atoms with Gasteiger partial charge in [-0.15, -0.1) is 0 Å². The SMILES string of the molecule is [C-]#[N+]c1cc2c3c(c1)Oc1cc4c(cc1B3c1ccccc1O2)B1c2cc3c(cc2N(c2c(C)cc(C)cc2C)c2cc(C#N)cc(c21)N4c1c(C)cc(C)cc1C)Nc1cc(C#N)cc2c1B3c1ccccc1O2. The molecule has 9 nitrogen and oxygen atoms in total. The van der Waals surface area contributed by atoms with Gasteiger partial charge in [-0.25, -0.2) is 4.85 Å². The Labute approximate surface area is 435 Å². The van der Waals surface area contributed by atoms with Crippen molar-refractivity contribution in [1.29, 1.82) is 10.5 Å². The summed E-state index contributed by atoms with van der Waals surface area (Å²) in [6.45, 7) is 20.3. The van der Waals surface area contributed by atoms with E-state index in [1.807, 2.05) is 48.5 Å². The maximum Gasteiger partial charge on any atom is 0.260 e. The van der Waals surface area contributed by atoms with Gasteiger partial charge in [0.15, 0.2) is 5.69 Å². The van der Waals surface area contributed by atoms with Crippen LogP contribution < -0.4 is 78.5 Å². The largest absolute Gasteiger partial charge is 0.460 e. The summed E-state index contributed by atoms with van der Waals surface area (Å²) >= 11 is 0. The van der Waals surface area contributed by atoms with Gasteiger partial charge in [0.1, 0.15) is 34.5 Å². The lowest BCUT2D eigenvalue weighted by Crippen LogP contribution is -2.65. The molecule has 6 heterocycles. The predicted molar refractivity (Wildman–Crippen MR) is 303 cm³/mol. The molecule has 6 aliphatic heterocycles. The first-order valence-corrected chi connectivity index (χ1v) is 25.3. The number of fused-ring (bicyclic) bond motifs is 12. The van der Waals surface area contributed by atoms with E-state index in [1.165, 1.54) is 11.1 Å². The number of nitrogens with one attached hydrogen (secondary N) is 1. The van der Waals surface area contributed by atoms with Crippen LogP contribution in [-0.4, -0.2) is 20.1 Å². The van der Waals surface area contributed by atoms with Gasteiger partial charge in [0.05, 0.1) is 41.2 Å². The molecule has 0 aliphatic carbocycles. The van der Waals surface area contributed by atoms with Crippen molar-refractivity contribution in [3.8, 4) is 46.6 Å². The summed E-state index contributed by atoms with van der Waals surface area (Å²) in [6.07, 6.45) is 0. The van der Waals surface area contributed by atoms with Crippen LogP contribution in [-0.2, 0) is 0 Å². The van der Waals surface area contributed by atoms with Crippen LogP contribution in [0.4, 0.5) is 51.2 Å². The van der Waals surface area contributed by atoms with E-state index < -0.39 is 0 Å². The number of benzene rings is 9. The van der Waals surface area contributed by atoms with Gasteiger partial charge >= 0.3 is 0 Å². The molecule has 0 spiro atoms. The summed E-state index contributed by atoms with van der Waals surface area (Å²) in [7, 11) is 0. The molecule has 9 aromatic carbocycles. The number of nitrogens with zero attached hydrogens (tertiary/aromatic N) is 5. The lowest BCUT2D eigenvalue weighted by atomic mass is 9.29. The molecule has 0 unspecified atom stereocenters. The molecule has 9 aromatic rings. The van der Waals surface area contributed by atoms with Gasteiger partial charge in [0.25, 0.3) is 20.1 Å². The summed E-state index contributed by atoms with van der Waals surface area (Å²) in [4.78, 5) is 8.64. The molecule has 0 aromatic heterocycles. The molecule has 15 rings (SSSR count). The number of rotatable bonds is 2. The predicted octanol–water partition coefficient (Wildman–Crippen LogP) is 9.32. The molecule has 12 heteroatoms. The second-order valence-electron chi connectivity index (χ2n) is 21.0. The molecule has 0 atom stereocenters. The van der Waals surface area contributed by atoms with Crippen LogP contribution in [0.15, 0.2) is 133 Å². The summed E-state index contributed by atoms with van der Waals surface area (Å²) in [5.41, 5.74) is 25.3. The zero-order chi connectivity index (χ0) is 50.9. The summed E-state index contributed by atoms with van der Waals surface area (Å²) in [5.74, 6) is 4.10. The van der Waals surface area contributed by atoms with E-state index in [1.54, 1.807) is 0 Å². The fourth-order valence-corrected chi connectivity index (χ4v) is 13.7. The van der Waals surface area contributed by atoms with Crippen molar-refractivity contribution < 1.29 is 14.2 Å². The Morgan fingerprint density at radius 3 is 1.48 bits per heavy atom. The Morgan fingerprint density at radius 1 is 0.440 bits per heavy atom. The van der Waals surface area contributed by atoms with E-state index >= 15 is 0 Å². The van der Waals surface area contributed by atoms with Crippen molar-refractivity contribution in [3.63, 3.8) is 0 Å². The zero-order valence-electron chi connectivity index (χ0n) is 41.9. The normalized spacial score (nSPS) is 13.7. The first-order valence-electron chi connectivity index (χ1n) is 25.3. The lowest BCUT2D eigenvalue weighted by molar-refractivity contribution is 0.465. The molecule has 350 valence electrons. The number of aryl methyl sites for hydroxylation is 6. The Morgan fingerprint density at radius 2 is 0.920 bits per heavy atom. The van der Waals surface area contributed by atoms with Crippen LogP contribution in [0.2, 0.25) is 0 Å². The molecule has 6 aliphatic rings. The van der Waals surface area contributed by atoms with E-state index in [-0.39, 0.29) is 20.1 Å². The van der Waals surface area contributed by atoms with Crippen molar-refractivity contribution in [2.75, 3.05) is 15.1 Å². The van der Waals surface area contributed by atoms with Crippen LogP contribution in [0.1, 0.15) is 44.5 Å². The molecule has 0 amide bonds. The van der Waals surface area contributed by atoms with Crippen LogP contribution in [0.3, 0.4) is 0 Å². The molecule has 0 saturated heterocycles. The van der Waals surface area contributed by atoms with Gasteiger partial charge in [-0.3, -0.25) is 0 Å². The number of hydrogen-bond donors (Lipinski definition) is 1. The minimum Gasteiger partial charge on any atom is -0.460 e. The summed E-state index contributed by atoms with van der Waals surface area (Å²) in [6, 6.07) is 51.4. The minimum atomic E-state index is -0.342. The van der Waals surface area contributed by atoms with Gasteiger partial charge < -0.3 is 29.3 Å². The first kappa shape index (κ1) is 43.1. The highest BCUT2D eigenvalue weighted by Crippen LogP contribution is 2.50. The van der Waals surface area contributed by atoms with Crippen molar-refractivity contribution in [2.24, 2.45) is 0 Å². The molecular formula is C63H41B3N6O3. The molecule has 0 saturated carbocycles. The third kappa shape index (κ3) is 5.90. The number of para-hydroxylation sites is 2. The average molecular weight is 962 g/mol. The summed E-state index contributed by atoms with van der Waals surface area (Å²) < 4.78 is 20.4. The van der Waals surface area contributed by atoms with Gasteiger partial charge in [-0.2, -0.15) is 10.5 Å². The fourth-order valence-electron chi connectivity index (χ4n) is 13.7. The van der Waals surface area contributed by atoms with Gasteiger partial charge in [-0.1, -0.05) is 83.9 Å². The molecule has 0 radical (unpaired) electrons. The third-order valence-corrected chi connectivity index (χ3v) is 16.3. The molecule has 0 fully saturated rings. The lowest BCUT2D eigenvalue weighted by Gasteiger charge is -2.46. The van der Waals surface area contributed by atoms with Crippen LogP contribution in [0, 0.1) is 70.8 Å². The standard InChI is InChI=1S/C63H41B3N6O3/c1-32-16-34(3)62(35(4)17-32)71-49-28-47-43(64-41-12-8-10-14-53(41)73-56-23-38(30-67)20-48(70-47)59(56)64)26-44(49)66-45-27-46-55(75-58-25-40(69-7)24-57-61(58)65(46)42-13-9-11-15-54(42)74-57)29-50(45)72(63-36(5)18-33(2)19-37(63)6)52-22-39(31-68)21-51(71)60(52)66/h8-29,70H,1-6H3. The first-order chi connectivity index (χ1) is 36.5. The molecule has 0 bridgehead atoms. The van der Waals surface area contributed by atoms with Gasteiger partial charge in [0, 0.05) is 45.7 Å². The monoisotopic (exact) mass is 962 g/mol. The zero-order valence-corrected chi connectivity index (χ0v) is 41.9. The molecule has 1 N–H and O–H groups in total. The smallest absolute Gasteiger partial charge is 0.260 e. The van der Waals surface area contributed by atoms with Crippen LogP contribution in [0.25, 0.3) is 4.85 Å². The highest BCUT2D eigenvalue weighted by atomic mass is 16.5. The van der Waals surface area contributed by atoms with E-state index in [2.05, 4.69) is 159 Å². The van der Waals surface area contributed by atoms with Crippen molar-refractivity contribution >= 4 is 120 Å². The number of nitriles is 2. The number of hydrogen-bond acceptors (Lipinski definition) is 8. The van der Waals surface area contributed by atoms with Crippen molar-refractivity contribution in [3.05, 3.63) is 189 Å². The number of anilines is 8. The van der Waals surface area contributed by atoms with Crippen molar-refractivity contribution in [1.82, 2.24) is 0 Å². The third-order valence-electron chi connectivity index (χ3n) is 16.3. The fraction of sp³-hybridized carbons (Fsp3) is 0.0952. The van der Waals surface area contributed by atoms with Gasteiger partial charge in [0.2, 0.25) is 0 Å². The quantitative estimate of drug-likeness (QED) is 0.135. The highest BCUT2D eigenvalue weighted by molar-refractivity contribution is 7.03. The van der Waals surface area contributed by atoms with Gasteiger partial charge in [-0.05, 0) is 162 Å². The Bertz CT molecular complexity index is 4010.